The van der Waals surface area contributed by atoms with E-state index in [1.165, 1.54) is 0 Å². The van der Waals surface area contributed by atoms with Crippen LogP contribution in [0.4, 0.5) is 5.69 Å². The van der Waals surface area contributed by atoms with Crippen LogP contribution in [0.5, 0.6) is 5.75 Å². The molecule has 4 heteroatoms. The number of methoxy groups -OCH3 is 2. The van der Waals surface area contributed by atoms with Gasteiger partial charge < -0.3 is 14.8 Å². The summed E-state index contributed by atoms with van der Waals surface area (Å²) in [4.78, 5) is 0. The van der Waals surface area contributed by atoms with Crippen molar-refractivity contribution in [1.29, 1.82) is 0 Å². The van der Waals surface area contributed by atoms with Crippen molar-refractivity contribution in [3.8, 4) is 5.75 Å². The molecule has 0 unspecified atom stereocenters. The van der Waals surface area contributed by atoms with Crippen LogP contribution in [-0.2, 0) is 4.74 Å². The number of hydrogen-bond acceptors (Lipinski definition) is 3. The second-order valence-corrected chi connectivity index (χ2v) is 3.17. The summed E-state index contributed by atoms with van der Waals surface area (Å²) in [6, 6.07) is 5.48. The first-order valence-corrected chi connectivity index (χ1v) is 4.72. The van der Waals surface area contributed by atoms with Crippen molar-refractivity contribution < 1.29 is 9.47 Å². The minimum atomic E-state index is 0.646. The number of hydrogen-bond donors (Lipinski definition) is 1. The van der Waals surface area contributed by atoms with Gasteiger partial charge in [0, 0.05) is 19.7 Å². The third-order valence-electron chi connectivity index (χ3n) is 1.80. The second kappa shape index (κ2) is 5.73. The van der Waals surface area contributed by atoms with Crippen molar-refractivity contribution in [3.05, 3.63) is 23.2 Å². The summed E-state index contributed by atoms with van der Waals surface area (Å²) in [5.41, 5.74) is 0.864. The SMILES string of the molecule is COCCNc1cc(OC)ccc1Cl. The number of anilines is 1. The lowest BCUT2D eigenvalue weighted by Gasteiger charge is -2.09. The Morgan fingerprint density at radius 1 is 1.36 bits per heavy atom. The minimum Gasteiger partial charge on any atom is -0.497 e. The summed E-state index contributed by atoms with van der Waals surface area (Å²) in [7, 11) is 3.29. The first kappa shape index (κ1) is 11.1. The van der Waals surface area contributed by atoms with Gasteiger partial charge in [0.1, 0.15) is 5.75 Å². The van der Waals surface area contributed by atoms with E-state index in [1.807, 2.05) is 12.1 Å². The fraction of sp³-hybridized carbons (Fsp3) is 0.400. The van der Waals surface area contributed by atoms with Gasteiger partial charge in [-0.15, -0.1) is 0 Å². The van der Waals surface area contributed by atoms with Crippen LogP contribution in [0.25, 0.3) is 0 Å². The van der Waals surface area contributed by atoms with E-state index in [0.29, 0.717) is 11.6 Å². The quantitative estimate of drug-likeness (QED) is 0.766. The molecule has 0 fully saturated rings. The summed E-state index contributed by atoms with van der Waals surface area (Å²) in [5.74, 6) is 0.786. The van der Waals surface area contributed by atoms with Gasteiger partial charge in [-0.05, 0) is 12.1 Å². The smallest absolute Gasteiger partial charge is 0.121 e. The Morgan fingerprint density at radius 3 is 2.79 bits per heavy atom. The molecule has 0 heterocycles. The van der Waals surface area contributed by atoms with Gasteiger partial charge in [0.25, 0.3) is 0 Å². The van der Waals surface area contributed by atoms with Gasteiger partial charge in [0.15, 0.2) is 0 Å². The van der Waals surface area contributed by atoms with E-state index in [4.69, 9.17) is 21.1 Å². The van der Waals surface area contributed by atoms with E-state index < -0.39 is 0 Å². The topological polar surface area (TPSA) is 30.5 Å². The molecule has 3 nitrogen and oxygen atoms in total. The number of benzene rings is 1. The predicted octanol–water partition coefficient (Wildman–Crippen LogP) is 2.41. The summed E-state index contributed by atoms with van der Waals surface area (Å²) in [6.07, 6.45) is 0. The van der Waals surface area contributed by atoms with Crippen LogP contribution < -0.4 is 10.1 Å². The molecule has 0 atom stereocenters. The molecule has 1 aromatic carbocycles. The fourth-order valence-electron chi connectivity index (χ4n) is 1.05. The molecule has 14 heavy (non-hydrogen) atoms. The van der Waals surface area contributed by atoms with E-state index in [0.717, 1.165) is 18.0 Å². The molecule has 1 aromatic rings. The maximum Gasteiger partial charge on any atom is 0.121 e. The van der Waals surface area contributed by atoms with E-state index in [1.54, 1.807) is 20.3 Å². The van der Waals surface area contributed by atoms with Gasteiger partial charge >= 0.3 is 0 Å². The Labute approximate surface area is 89.0 Å². The van der Waals surface area contributed by atoms with Gasteiger partial charge in [-0.1, -0.05) is 11.6 Å². The molecule has 78 valence electrons. The lowest BCUT2D eigenvalue weighted by atomic mass is 10.3. The number of halogens is 1. The third kappa shape index (κ3) is 3.09. The van der Waals surface area contributed by atoms with Gasteiger partial charge in [-0.3, -0.25) is 0 Å². The van der Waals surface area contributed by atoms with Crippen LogP contribution in [0.1, 0.15) is 0 Å². The third-order valence-corrected chi connectivity index (χ3v) is 2.12. The van der Waals surface area contributed by atoms with Gasteiger partial charge in [-0.25, -0.2) is 0 Å². The van der Waals surface area contributed by atoms with Crippen molar-refractivity contribution in [2.24, 2.45) is 0 Å². The lowest BCUT2D eigenvalue weighted by molar-refractivity contribution is 0.211. The number of rotatable bonds is 5. The lowest BCUT2D eigenvalue weighted by Crippen LogP contribution is -2.07. The maximum atomic E-state index is 5.97. The summed E-state index contributed by atoms with van der Waals surface area (Å²) in [6.45, 7) is 1.37. The normalized spacial score (nSPS) is 9.93. The molecule has 0 amide bonds. The molecule has 0 bridgehead atoms. The average Bonchev–Trinajstić information content (AvgIpc) is 2.21. The first-order chi connectivity index (χ1) is 6.77. The molecule has 0 saturated carbocycles. The Hall–Kier alpha value is -0.930. The van der Waals surface area contributed by atoms with Crippen LogP contribution in [0.15, 0.2) is 18.2 Å². The van der Waals surface area contributed by atoms with E-state index in [-0.39, 0.29) is 0 Å². The molecule has 0 spiro atoms. The van der Waals surface area contributed by atoms with Crippen molar-refractivity contribution in [2.75, 3.05) is 32.7 Å². The van der Waals surface area contributed by atoms with Crippen molar-refractivity contribution in [3.63, 3.8) is 0 Å². The Morgan fingerprint density at radius 2 is 2.14 bits per heavy atom. The van der Waals surface area contributed by atoms with Crippen molar-refractivity contribution in [1.82, 2.24) is 0 Å². The Balaban J connectivity index is 2.64. The Bertz CT molecular complexity index is 291. The van der Waals surface area contributed by atoms with Crippen LogP contribution in [-0.4, -0.2) is 27.4 Å². The van der Waals surface area contributed by atoms with Crippen LogP contribution in [0.3, 0.4) is 0 Å². The van der Waals surface area contributed by atoms with Gasteiger partial charge in [0.2, 0.25) is 0 Å². The van der Waals surface area contributed by atoms with Gasteiger partial charge in [0.05, 0.1) is 24.4 Å². The highest BCUT2D eigenvalue weighted by Gasteiger charge is 2.00. The van der Waals surface area contributed by atoms with Crippen LogP contribution >= 0.6 is 11.6 Å². The number of ether oxygens (including phenoxy) is 2. The van der Waals surface area contributed by atoms with E-state index >= 15 is 0 Å². The molecule has 0 aliphatic rings. The van der Waals surface area contributed by atoms with Crippen molar-refractivity contribution in [2.45, 2.75) is 0 Å². The van der Waals surface area contributed by atoms with Gasteiger partial charge in [-0.2, -0.15) is 0 Å². The molecular formula is C10H14ClNO2. The highest BCUT2D eigenvalue weighted by molar-refractivity contribution is 6.33. The highest BCUT2D eigenvalue weighted by Crippen LogP contribution is 2.26. The molecule has 0 saturated heterocycles. The largest absolute Gasteiger partial charge is 0.497 e. The molecule has 1 rings (SSSR count). The molecule has 0 aromatic heterocycles. The van der Waals surface area contributed by atoms with Crippen molar-refractivity contribution >= 4 is 17.3 Å². The first-order valence-electron chi connectivity index (χ1n) is 4.34. The molecule has 1 N–H and O–H groups in total. The zero-order valence-corrected chi connectivity index (χ0v) is 9.10. The zero-order chi connectivity index (χ0) is 10.4. The number of nitrogens with one attached hydrogen (secondary N) is 1. The molecule has 0 aliphatic heterocycles. The monoisotopic (exact) mass is 215 g/mol. The molecule has 0 aliphatic carbocycles. The molecular weight excluding hydrogens is 202 g/mol. The van der Waals surface area contributed by atoms with Crippen LogP contribution in [0.2, 0.25) is 5.02 Å². The second-order valence-electron chi connectivity index (χ2n) is 2.77. The summed E-state index contributed by atoms with van der Waals surface area (Å²) < 4.78 is 10.0. The fourth-order valence-corrected chi connectivity index (χ4v) is 1.24. The molecule has 0 radical (unpaired) electrons. The standard InChI is InChI=1S/C10H14ClNO2/c1-13-6-5-12-10-7-8(14-2)3-4-9(10)11/h3-4,7,12H,5-6H2,1-2H3. The van der Waals surface area contributed by atoms with E-state index in [9.17, 15) is 0 Å². The minimum absolute atomic E-state index is 0.646. The van der Waals surface area contributed by atoms with Crippen LogP contribution in [0, 0.1) is 0 Å². The average molecular weight is 216 g/mol. The van der Waals surface area contributed by atoms with E-state index in [2.05, 4.69) is 5.32 Å². The summed E-state index contributed by atoms with van der Waals surface area (Å²) >= 11 is 5.97. The Kier molecular flexibility index (Phi) is 4.56. The summed E-state index contributed by atoms with van der Waals surface area (Å²) in [5, 5.41) is 3.83. The zero-order valence-electron chi connectivity index (χ0n) is 8.34. The predicted molar refractivity (Wildman–Crippen MR) is 58.4 cm³/mol. The highest BCUT2D eigenvalue weighted by atomic mass is 35.5. The maximum absolute atomic E-state index is 5.97.